The average Bonchev–Trinajstić information content (AvgIpc) is 3.08. The van der Waals surface area contributed by atoms with E-state index in [0.717, 1.165) is 29.2 Å². The van der Waals surface area contributed by atoms with Gasteiger partial charge in [-0.2, -0.15) is 5.10 Å². The molecule has 3 rings (SSSR count). The van der Waals surface area contributed by atoms with E-state index in [-0.39, 0.29) is 0 Å². The van der Waals surface area contributed by atoms with E-state index in [9.17, 15) is 0 Å². The van der Waals surface area contributed by atoms with Crippen LogP contribution >= 0.6 is 0 Å². The fraction of sp³-hybridized carbons (Fsp3) is 0.125. The van der Waals surface area contributed by atoms with Crippen LogP contribution in [-0.4, -0.2) is 19.3 Å². The predicted octanol–water partition coefficient (Wildman–Crippen LogP) is 3.23. The van der Waals surface area contributed by atoms with E-state index in [1.807, 2.05) is 48.3 Å². The Morgan fingerprint density at radius 3 is 2.90 bits per heavy atom. The molecule has 0 aliphatic heterocycles. The second kappa shape index (κ2) is 5.17. The lowest BCUT2D eigenvalue weighted by Gasteiger charge is -2.06. The van der Waals surface area contributed by atoms with Crippen molar-refractivity contribution in [3.63, 3.8) is 0 Å². The van der Waals surface area contributed by atoms with Crippen molar-refractivity contribution in [3.8, 4) is 16.9 Å². The molecule has 0 saturated heterocycles. The lowest BCUT2D eigenvalue weighted by Crippen LogP contribution is -1.99. The third-order valence-electron chi connectivity index (χ3n) is 3.17. The van der Waals surface area contributed by atoms with E-state index in [0.29, 0.717) is 0 Å². The third-order valence-corrected chi connectivity index (χ3v) is 3.17. The van der Waals surface area contributed by atoms with Gasteiger partial charge in [0.25, 0.3) is 0 Å². The van der Waals surface area contributed by atoms with Gasteiger partial charge < -0.3 is 4.57 Å². The molecule has 0 radical (unpaired) electrons. The highest BCUT2D eigenvalue weighted by molar-refractivity contribution is 5.61. The second-order valence-corrected chi connectivity index (χ2v) is 4.67. The predicted molar refractivity (Wildman–Crippen MR) is 79.7 cm³/mol. The molecular weight excluding hydrogens is 248 g/mol. The van der Waals surface area contributed by atoms with Gasteiger partial charge in [-0.25, -0.2) is 4.68 Å². The first-order chi connectivity index (χ1) is 9.78. The highest BCUT2D eigenvalue weighted by atomic mass is 15.3. The Morgan fingerprint density at radius 2 is 2.15 bits per heavy atom. The molecule has 20 heavy (non-hydrogen) atoms. The minimum Gasteiger partial charge on any atom is -0.350 e. The standard InChI is InChI=1S/C16H16N4/c1-3-9-19-10-7-14(12-19)16-6-8-18-20(16)15-5-4-13(2)17-11-15/h3-8,10-12H,1,9H2,2H3. The van der Waals surface area contributed by atoms with Crippen LogP contribution in [0.2, 0.25) is 0 Å². The van der Waals surface area contributed by atoms with Gasteiger partial charge in [-0.1, -0.05) is 6.08 Å². The van der Waals surface area contributed by atoms with Crippen LogP contribution in [0.3, 0.4) is 0 Å². The van der Waals surface area contributed by atoms with E-state index in [4.69, 9.17) is 0 Å². The first-order valence-corrected chi connectivity index (χ1v) is 6.52. The van der Waals surface area contributed by atoms with Crippen LogP contribution in [0.5, 0.6) is 0 Å². The van der Waals surface area contributed by atoms with Crippen molar-refractivity contribution in [1.82, 2.24) is 19.3 Å². The van der Waals surface area contributed by atoms with Gasteiger partial charge in [-0.05, 0) is 31.2 Å². The average molecular weight is 264 g/mol. The maximum atomic E-state index is 4.39. The summed E-state index contributed by atoms with van der Waals surface area (Å²) in [5, 5.41) is 4.39. The molecule has 100 valence electrons. The monoisotopic (exact) mass is 264 g/mol. The van der Waals surface area contributed by atoms with Crippen LogP contribution in [0.25, 0.3) is 16.9 Å². The molecular formula is C16H16N4. The fourth-order valence-electron chi connectivity index (χ4n) is 2.17. The summed E-state index contributed by atoms with van der Waals surface area (Å²) in [4.78, 5) is 4.33. The molecule has 4 heteroatoms. The van der Waals surface area contributed by atoms with E-state index >= 15 is 0 Å². The van der Waals surface area contributed by atoms with Gasteiger partial charge in [0.15, 0.2) is 0 Å². The number of aromatic nitrogens is 4. The topological polar surface area (TPSA) is 35.6 Å². The number of hydrogen-bond acceptors (Lipinski definition) is 2. The molecule has 0 fully saturated rings. The Bertz CT molecular complexity index is 719. The van der Waals surface area contributed by atoms with Crippen LogP contribution in [0.15, 0.2) is 61.7 Å². The van der Waals surface area contributed by atoms with Crippen molar-refractivity contribution < 1.29 is 0 Å². The molecule has 3 aromatic rings. The number of nitrogens with zero attached hydrogens (tertiary/aromatic N) is 4. The van der Waals surface area contributed by atoms with Crippen LogP contribution in [0.4, 0.5) is 0 Å². The molecule has 3 heterocycles. The smallest absolute Gasteiger partial charge is 0.0836 e. The van der Waals surface area contributed by atoms with Gasteiger partial charge in [-0.15, -0.1) is 6.58 Å². The van der Waals surface area contributed by atoms with Crippen molar-refractivity contribution in [1.29, 1.82) is 0 Å². The maximum Gasteiger partial charge on any atom is 0.0836 e. The Hall–Kier alpha value is -2.62. The van der Waals surface area contributed by atoms with E-state index in [1.54, 1.807) is 6.20 Å². The Morgan fingerprint density at radius 1 is 1.25 bits per heavy atom. The fourth-order valence-corrected chi connectivity index (χ4v) is 2.17. The van der Waals surface area contributed by atoms with Gasteiger partial charge in [-0.3, -0.25) is 4.98 Å². The molecule has 0 aliphatic rings. The minimum absolute atomic E-state index is 0.806. The normalized spacial score (nSPS) is 10.7. The lowest BCUT2D eigenvalue weighted by molar-refractivity contribution is 0.830. The number of aryl methyl sites for hydroxylation is 1. The van der Waals surface area contributed by atoms with Crippen molar-refractivity contribution in [3.05, 3.63) is 67.4 Å². The molecule has 0 saturated carbocycles. The molecule has 0 aliphatic carbocycles. The van der Waals surface area contributed by atoms with Gasteiger partial charge in [0.1, 0.15) is 0 Å². The summed E-state index contributed by atoms with van der Waals surface area (Å²) in [7, 11) is 0. The van der Waals surface area contributed by atoms with Gasteiger partial charge in [0.05, 0.1) is 23.8 Å². The molecule has 0 amide bonds. The van der Waals surface area contributed by atoms with Crippen molar-refractivity contribution >= 4 is 0 Å². The van der Waals surface area contributed by atoms with Gasteiger partial charge in [0, 0.05) is 30.2 Å². The number of allylic oxidation sites excluding steroid dienone is 1. The highest BCUT2D eigenvalue weighted by Crippen LogP contribution is 2.22. The number of pyridine rings is 1. The molecule has 0 N–H and O–H groups in total. The number of rotatable bonds is 4. The van der Waals surface area contributed by atoms with Gasteiger partial charge in [0.2, 0.25) is 0 Å². The van der Waals surface area contributed by atoms with Crippen LogP contribution < -0.4 is 0 Å². The van der Waals surface area contributed by atoms with Crippen molar-refractivity contribution in [2.24, 2.45) is 0 Å². The molecule has 0 bridgehead atoms. The van der Waals surface area contributed by atoms with E-state index in [1.165, 1.54) is 0 Å². The summed E-state index contributed by atoms with van der Waals surface area (Å²) in [5.74, 6) is 0. The zero-order chi connectivity index (χ0) is 13.9. The Kier molecular flexibility index (Phi) is 3.21. The summed E-state index contributed by atoms with van der Waals surface area (Å²) in [6.07, 6.45) is 9.66. The summed E-state index contributed by atoms with van der Waals surface area (Å²) in [6.45, 7) is 6.54. The Balaban J connectivity index is 2.00. The summed E-state index contributed by atoms with van der Waals surface area (Å²) in [5.41, 5.74) is 4.15. The minimum atomic E-state index is 0.806. The van der Waals surface area contributed by atoms with E-state index < -0.39 is 0 Å². The molecule has 0 atom stereocenters. The molecule has 0 aromatic carbocycles. The summed E-state index contributed by atoms with van der Waals surface area (Å²) < 4.78 is 3.99. The first kappa shape index (κ1) is 12.4. The second-order valence-electron chi connectivity index (χ2n) is 4.67. The van der Waals surface area contributed by atoms with Crippen molar-refractivity contribution in [2.45, 2.75) is 13.5 Å². The third kappa shape index (κ3) is 2.28. The zero-order valence-electron chi connectivity index (χ0n) is 11.4. The number of hydrogen-bond donors (Lipinski definition) is 0. The zero-order valence-corrected chi connectivity index (χ0v) is 11.4. The quantitative estimate of drug-likeness (QED) is 0.678. The molecule has 0 spiro atoms. The van der Waals surface area contributed by atoms with Crippen LogP contribution in [0, 0.1) is 6.92 Å². The summed E-state index contributed by atoms with van der Waals surface area (Å²) >= 11 is 0. The van der Waals surface area contributed by atoms with Gasteiger partial charge >= 0.3 is 0 Å². The Labute approximate surface area is 118 Å². The first-order valence-electron chi connectivity index (χ1n) is 6.52. The molecule has 4 nitrogen and oxygen atoms in total. The largest absolute Gasteiger partial charge is 0.350 e. The van der Waals surface area contributed by atoms with Crippen LogP contribution in [0.1, 0.15) is 5.69 Å². The molecule has 0 unspecified atom stereocenters. The maximum absolute atomic E-state index is 4.39. The highest BCUT2D eigenvalue weighted by Gasteiger charge is 2.08. The SMILES string of the molecule is C=CCn1ccc(-c2ccnn2-c2ccc(C)nc2)c1. The van der Waals surface area contributed by atoms with Crippen molar-refractivity contribution in [2.75, 3.05) is 0 Å². The summed E-state index contributed by atoms with van der Waals surface area (Å²) in [6, 6.07) is 8.11. The van der Waals surface area contributed by atoms with E-state index in [2.05, 4.69) is 33.5 Å². The molecule has 3 aromatic heterocycles. The van der Waals surface area contributed by atoms with Crippen LogP contribution in [-0.2, 0) is 6.54 Å². The lowest BCUT2D eigenvalue weighted by atomic mass is 10.2.